The second kappa shape index (κ2) is 10.1. The van der Waals surface area contributed by atoms with Gasteiger partial charge in [-0.3, -0.25) is 14.7 Å². The first kappa shape index (κ1) is 21.5. The fourth-order valence-corrected chi connectivity index (χ4v) is 6.27. The Kier molecular flexibility index (Phi) is 6.77. The number of benzene rings is 2. The van der Waals surface area contributed by atoms with Crippen molar-refractivity contribution in [3.05, 3.63) is 65.1 Å². The van der Waals surface area contributed by atoms with E-state index in [2.05, 4.69) is 59.5 Å². The van der Waals surface area contributed by atoms with Crippen LogP contribution >= 0.6 is 11.8 Å². The van der Waals surface area contributed by atoms with E-state index in [9.17, 15) is 4.79 Å². The molecule has 1 amide bonds. The van der Waals surface area contributed by atoms with Crippen LogP contribution in [0.25, 0.3) is 17.2 Å². The van der Waals surface area contributed by atoms with Crippen molar-refractivity contribution in [1.29, 1.82) is 0 Å². The SMILES string of the molecule is O=C1C(=Cc2ccc(-c3ccccc3)cc2)SC(=NC2CCCCC2)N1C1CCCCC1. The fraction of sp³-hybridized carbons (Fsp3) is 0.429. The molecule has 2 aromatic carbocycles. The lowest BCUT2D eigenvalue weighted by Gasteiger charge is -2.31. The van der Waals surface area contributed by atoms with E-state index >= 15 is 0 Å². The van der Waals surface area contributed by atoms with Gasteiger partial charge in [0, 0.05) is 6.04 Å². The standard InChI is InChI=1S/C28H32N2OS/c31-27-26(20-21-16-18-23(19-17-21)22-10-4-1-5-11-22)32-28(29-24-12-6-2-7-13-24)30(27)25-14-8-3-9-15-25/h1,4-5,10-11,16-20,24-25H,2-3,6-9,12-15H2. The number of carbonyl (C=O) groups is 1. The van der Waals surface area contributed by atoms with Crippen molar-refractivity contribution in [2.75, 3.05) is 0 Å². The average molecular weight is 445 g/mol. The van der Waals surface area contributed by atoms with E-state index in [1.807, 2.05) is 6.07 Å². The first-order valence-electron chi connectivity index (χ1n) is 12.2. The molecule has 0 unspecified atom stereocenters. The summed E-state index contributed by atoms with van der Waals surface area (Å²) < 4.78 is 0. The average Bonchev–Trinajstić information content (AvgIpc) is 3.15. The number of aliphatic imine (C=N–C) groups is 1. The fourth-order valence-electron chi connectivity index (χ4n) is 5.16. The number of nitrogens with zero attached hydrogens (tertiary/aromatic N) is 2. The number of hydrogen-bond donors (Lipinski definition) is 0. The minimum absolute atomic E-state index is 0.156. The van der Waals surface area contributed by atoms with Gasteiger partial charge in [-0.05, 0) is 60.2 Å². The molecule has 0 aromatic heterocycles. The molecule has 2 aliphatic carbocycles. The highest BCUT2D eigenvalue weighted by molar-refractivity contribution is 8.18. The molecule has 0 radical (unpaired) electrons. The zero-order chi connectivity index (χ0) is 21.8. The second-order valence-electron chi connectivity index (χ2n) is 9.27. The Morgan fingerprint density at radius 2 is 1.41 bits per heavy atom. The van der Waals surface area contributed by atoms with Crippen LogP contribution < -0.4 is 0 Å². The van der Waals surface area contributed by atoms with Crippen LogP contribution in [0, 0.1) is 0 Å². The summed E-state index contributed by atoms with van der Waals surface area (Å²) in [7, 11) is 0. The van der Waals surface area contributed by atoms with Gasteiger partial charge in [0.2, 0.25) is 0 Å². The summed E-state index contributed by atoms with van der Waals surface area (Å²) in [5.74, 6) is 0.156. The Hall–Kier alpha value is -2.33. The van der Waals surface area contributed by atoms with Gasteiger partial charge in [-0.1, -0.05) is 93.1 Å². The highest BCUT2D eigenvalue weighted by Crippen LogP contribution is 2.38. The van der Waals surface area contributed by atoms with Crippen molar-refractivity contribution in [3.8, 4) is 11.1 Å². The Labute approximate surface area is 196 Å². The van der Waals surface area contributed by atoms with Crippen LogP contribution in [0.4, 0.5) is 0 Å². The molecule has 0 spiro atoms. The van der Waals surface area contributed by atoms with E-state index in [4.69, 9.17) is 4.99 Å². The van der Waals surface area contributed by atoms with Crippen molar-refractivity contribution in [3.63, 3.8) is 0 Å². The van der Waals surface area contributed by atoms with Crippen LogP contribution in [0.15, 0.2) is 64.5 Å². The van der Waals surface area contributed by atoms with Gasteiger partial charge in [0.1, 0.15) is 0 Å². The van der Waals surface area contributed by atoms with E-state index in [1.165, 1.54) is 49.7 Å². The van der Waals surface area contributed by atoms with Crippen molar-refractivity contribution >= 4 is 28.9 Å². The third-order valence-electron chi connectivity index (χ3n) is 6.96. The quantitative estimate of drug-likeness (QED) is 0.464. The Balaban J connectivity index is 1.40. The monoisotopic (exact) mass is 444 g/mol. The van der Waals surface area contributed by atoms with Gasteiger partial charge in [0.25, 0.3) is 5.91 Å². The molecular formula is C28H32N2OS. The van der Waals surface area contributed by atoms with Crippen molar-refractivity contribution in [2.45, 2.75) is 76.3 Å². The van der Waals surface area contributed by atoms with Crippen LogP contribution in [0.2, 0.25) is 0 Å². The third-order valence-corrected chi connectivity index (χ3v) is 7.96. The lowest BCUT2D eigenvalue weighted by molar-refractivity contribution is -0.124. The number of rotatable bonds is 4. The van der Waals surface area contributed by atoms with E-state index in [-0.39, 0.29) is 5.91 Å². The third kappa shape index (κ3) is 4.85. The molecule has 2 saturated carbocycles. The van der Waals surface area contributed by atoms with Crippen LogP contribution in [0.5, 0.6) is 0 Å². The normalized spacial score (nSPS) is 23.4. The first-order valence-corrected chi connectivity index (χ1v) is 13.1. The molecule has 4 heteroatoms. The summed E-state index contributed by atoms with van der Waals surface area (Å²) in [5.41, 5.74) is 3.48. The molecule has 0 N–H and O–H groups in total. The van der Waals surface area contributed by atoms with Crippen LogP contribution in [-0.4, -0.2) is 28.1 Å². The second-order valence-corrected chi connectivity index (χ2v) is 10.3. The molecule has 3 fully saturated rings. The molecular weight excluding hydrogens is 412 g/mol. The summed E-state index contributed by atoms with van der Waals surface area (Å²) >= 11 is 1.60. The van der Waals surface area contributed by atoms with E-state index < -0.39 is 0 Å². The molecule has 2 aromatic rings. The number of hydrogen-bond acceptors (Lipinski definition) is 3. The highest BCUT2D eigenvalue weighted by atomic mass is 32.2. The summed E-state index contributed by atoms with van der Waals surface area (Å²) in [4.78, 5) is 21.5. The predicted molar refractivity (Wildman–Crippen MR) is 135 cm³/mol. The van der Waals surface area contributed by atoms with Gasteiger partial charge in [-0.2, -0.15) is 0 Å². The van der Waals surface area contributed by atoms with Crippen LogP contribution in [-0.2, 0) is 4.79 Å². The maximum atomic E-state index is 13.5. The predicted octanol–water partition coefficient (Wildman–Crippen LogP) is 7.29. The number of amidine groups is 1. The van der Waals surface area contributed by atoms with Crippen LogP contribution in [0.1, 0.15) is 69.8 Å². The van der Waals surface area contributed by atoms with E-state index in [0.29, 0.717) is 12.1 Å². The molecule has 1 aliphatic heterocycles. The zero-order valence-corrected chi connectivity index (χ0v) is 19.5. The van der Waals surface area contributed by atoms with Crippen LogP contribution in [0.3, 0.4) is 0 Å². The Morgan fingerprint density at radius 3 is 2.09 bits per heavy atom. The molecule has 1 heterocycles. The minimum atomic E-state index is 0.156. The molecule has 3 nitrogen and oxygen atoms in total. The number of amides is 1. The van der Waals surface area contributed by atoms with Crippen molar-refractivity contribution in [1.82, 2.24) is 4.90 Å². The zero-order valence-electron chi connectivity index (χ0n) is 18.7. The molecule has 0 atom stereocenters. The number of carbonyl (C=O) groups excluding carboxylic acids is 1. The van der Waals surface area contributed by atoms with Gasteiger partial charge in [0.15, 0.2) is 5.17 Å². The van der Waals surface area contributed by atoms with Gasteiger partial charge in [0.05, 0.1) is 10.9 Å². The van der Waals surface area contributed by atoms with Gasteiger partial charge < -0.3 is 0 Å². The molecule has 3 aliphatic rings. The van der Waals surface area contributed by atoms with Crippen molar-refractivity contribution < 1.29 is 4.79 Å². The summed E-state index contributed by atoms with van der Waals surface area (Å²) in [5, 5.41) is 0.959. The maximum Gasteiger partial charge on any atom is 0.266 e. The smallest absolute Gasteiger partial charge is 0.266 e. The summed E-state index contributed by atoms with van der Waals surface area (Å²) in [6.07, 6.45) is 14.2. The largest absolute Gasteiger partial charge is 0.284 e. The summed E-state index contributed by atoms with van der Waals surface area (Å²) in [6.45, 7) is 0. The van der Waals surface area contributed by atoms with Crippen molar-refractivity contribution in [2.24, 2.45) is 4.99 Å². The highest BCUT2D eigenvalue weighted by Gasteiger charge is 2.39. The van der Waals surface area contributed by atoms with Gasteiger partial charge >= 0.3 is 0 Å². The first-order chi connectivity index (χ1) is 15.8. The molecule has 0 bridgehead atoms. The molecule has 5 rings (SSSR count). The Morgan fingerprint density at radius 1 is 0.781 bits per heavy atom. The topological polar surface area (TPSA) is 32.7 Å². The van der Waals surface area contributed by atoms with E-state index in [1.54, 1.807) is 11.8 Å². The minimum Gasteiger partial charge on any atom is -0.284 e. The molecule has 166 valence electrons. The molecule has 32 heavy (non-hydrogen) atoms. The molecule has 1 saturated heterocycles. The Bertz CT molecular complexity index is 984. The maximum absolute atomic E-state index is 13.5. The van der Waals surface area contributed by atoms with E-state index in [0.717, 1.165) is 41.3 Å². The van der Waals surface area contributed by atoms with Gasteiger partial charge in [-0.15, -0.1) is 0 Å². The lowest BCUT2D eigenvalue weighted by Crippen LogP contribution is -2.41. The number of thioether (sulfide) groups is 1. The summed E-state index contributed by atoms with van der Waals surface area (Å²) in [6, 6.07) is 19.6. The lowest BCUT2D eigenvalue weighted by atomic mass is 9.94. The van der Waals surface area contributed by atoms with Gasteiger partial charge in [-0.25, -0.2) is 0 Å².